The number of hydrogen-bond acceptors (Lipinski definition) is 8. The molecule has 16 heteroatoms. The number of piperidine rings is 1. The maximum atomic E-state index is 12.6. The molecule has 2 atom stereocenters. The van der Waals surface area contributed by atoms with Crippen molar-refractivity contribution in [1.29, 1.82) is 0 Å². The Morgan fingerprint density at radius 3 is 2.44 bits per heavy atom. The molecule has 3 N–H and O–H groups in total. The van der Waals surface area contributed by atoms with Gasteiger partial charge in [0.05, 0.1) is 6.04 Å². The van der Waals surface area contributed by atoms with Gasteiger partial charge in [0.25, 0.3) is 5.91 Å². The highest BCUT2D eigenvalue weighted by Gasteiger charge is 2.49. The van der Waals surface area contributed by atoms with Crippen LogP contribution >= 0.6 is 0 Å². The maximum absolute atomic E-state index is 12.6. The van der Waals surface area contributed by atoms with E-state index in [0.717, 1.165) is 4.90 Å². The van der Waals surface area contributed by atoms with Crippen LogP contribution in [0.3, 0.4) is 0 Å². The fourth-order valence-electron chi connectivity index (χ4n) is 3.88. The summed E-state index contributed by atoms with van der Waals surface area (Å²) in [6, 6.07) is 2.62. The van der Waals surface area contributed by atoms with Gasteiger partial charge in [-0.05, 0) is 33.6 Å². The van der Waals surface area contributed by atoms with Crippen molar-refractivity contribution in [3.8, 4) is 0 Å². The molecule has 1 aromatic rings. The SMILES string of the molecule is CC(C)(C)N(CCC(=O)NNC(=O)[C@@H]1CC[C@@H]2CN1C(=O)N2OS(=O)(=O)O)C(=O)O[n+]1ccccc1. The predicted octanol–water partition coefficient (Wildman–Crippen LogP) is -0.836. The van der Waals surface area contributed by atoms with Crippen molar-refractivity contribution in [3.63, 3.8) is 0 Å². The molecule has 3 rings (SSSR count). The Hall–Kier alpha value is -3.50. The van der Waals surface area contributed by atoms with Gasteiger partial charge in [-0.2, -0.15) is 18.3 Å². The van der Waals surface area contributed by atoms with Crippen molar-refractivity contribution in [1.82, 2.24) is 25.7 Å². The number of aromatic nitrogens is 1. The number of hydrazine groups is 1. The first-order valence-electron chi connectivity index (χ1n) is 11.1. The fraction of sp³-hybridized carbons (Fsp3) is 0.550. The van der Waals surface area contributed by atoms with E-state index in [2.05, 4.69) is 15.1 Å². The Kier molecular flexibility index (Phi) is 8.00. The van der Waals surface area contributed by atoms with E-state index < -0.39 is 52.0 Å². The summed E-state index contributed by atoms with van der Waals surface area (Å²) < 4.78 is 36.4. The number of rotatable bonds is 7. The molecule has 2 aliphatic heterocycles. The van der Waals surface area contributed by atoms with Crippen LogP contribution in [0.2, 0.25) is 0 Å². The smallest absolute Gasteiger partial charge is 0.309 e. The quantitative estimate of drug-likeness (QED) is 0.231. The molecule has 3 heterocycles. The van der Waals surface area contributed by atoms with Gasteiger partial charge >= 0.3 is 22.5 Å². The highest BCUT2D eigenvalue weighted by Crippen LogP contribution is 2.30. The zero-order valence-corrected chi connectivity index (χ0v) is 20.8. The Morgan fingerprint density at radius 1 is 1.17 bits per heavy atom. The zero-order valence-electron chi connectivity index (χ0n) is 20.0. The molecule has 0 aromatic carbocycles. The predicted molar refractivity (Wildman–Crippen MR) is 119 cm³/mol. The van der Waals surface area contributed by atoms with E-state index in [0.29, 0.717) is 5.06 Å². The van der Waals surface area contributed by atoms with Gasteiger partial charge in [0.1, 0.15) is 6.04 Å². The summed E-state index contributed by atoms with van der Waals surface area (Å²) in [4.78, 5) is 57.8. The third kappa shape index (κ3) is 6.79. The number of amides is 5. The summed E-state index contributed by atoms with van der Waals surface area (Å²) in [6.07, 6.45) is 2.70. The van der Waals surface area contributed by atoms with Gasteiger partial charge in [-0.25, -0.2) is 9.59 Å². The number of carbonyl (C=O) groups excluding carboxylic acids is 4. The summed E-state index contributed by atoms with van der Waals surface area (Å²) >= 11 is 0. The van der Waals surface area contributed by atoms with E-state index >= 15 is 0 Å². The van der Waals surface area contributed by atoms with Crippen molar-refractivity contribution in [2.75, 3.05) is 13.1 Å². The molecule has 0 saturated carbocycles. The summed E-state index contributed by atoms with van der Waals surface area (Å²) in [5.74, 6) is -1.27. The molecule has 2 aliphatic rings. The lowest BCUT2D eigenvalue weighted by Crippen LogP contribution is -2.57. The molecule has 198 valence electrons. The van der Waals surface area contributed by atoms with E-state index in [-0.39, 0.29) is 32.4 Å². The third-order valence-corrected chi connectivity index (χ3v) is 5.94. The molecule has 15 nitrogen and oxygen atoms in total. The molecule has 36 heavy (non-hydrogen) atoms. The summed E-state index contributed by atoms with van der Waals surface area (Å²) in [7, 11) is -4.90. The first-order valence-corrected chi connectivity index (χ1v) is 12.4. The first kappa shape index (κ1) is 27.1. The second-order valence-corrected chi connectivity index (χ2v) is 10.2. The second-order valence-electron chi connectivity index (χ2n) is 9.21. The highest BCUT2D eigenvalue weighted by atomic mass is 32.3. The topological polar surface area (TPSA) is 179 Å². The average molecular weight is 530 g/mol. The lowest BCUT2D eigenvalue weighted by Gasteiger charge is -2.33. The van der Waals surface area contributed by atoms with Gasteiger partial charge in [0, 0.05) is 41.9 Å². The number of urea groups is 1. The van der Waals surface area contributed by atoms with Crippen LogP contribution in [-0.4, -0.2) is 82.5 Å². The van der Waals surface area contributed by atoms with E-state index in [1.54, 1.807) is 51.4 Å². The van der Waals surface area contributed by atoms with Crippen molar-refractivity contribution in [2.45, 2.75) is 57.7 Å². The number of hydroxylamine groups is 2. The lowest BCUT2D eigenvalue weighted by atomic mass is 10.0. The highest BCUT2D eigenvalue weighted by molar-refractivity contribution is 7.80. The molecule has 5 amide bonds. The summed E-state index contributed by atoms with van der Waals surface area (Å²) in [5, 5.41) is 0.523. The van der Waals surface area contributed by atoms with E-state index in [1.165, 1.54) is 9.63 Å². The average Bonchev–Trinajstić information content (AvgIpc) is 3.01. The zero-order chi connectivity index (χ0) is 26.7. The van der Waals surface area contributed by atoms with Crippen LogP contribution in [0.25, 0.3) is 0 Å². The van der Waals surface area contributed by atoms with Crippen LogP contribution in [0.4, 0.5) is 9.59 Å². The fourth-order valence-corrected chi connectivity index (χ4v) is 4.27. The molecule has 0 unspecified atom stereocenters. The molecule has 0 aliphatic carbocycles. The van der Waals surface area contributed by atoms with Gasteiger partial charge < -0.3 is 4.90 Å². The standard InChI is InChI=1S/C20H28N6O9S/c1-20(2,3)25(19(30)34-23-10-5-4-6-11-23)12-9-16(27)21-22-17(28)15-8-7-14-13-24(15)18(29)26(14)35-36(31,32)33/h4-6,10-11,14-15H,7-9,12-13H2,1-3H3,(H2-,21,22,27,28,31,32,33)/p+1/t14-,15+/m1/s1. The first-order chi connectivity index (χ1) is 16.8. The van der Waals surface area contributed by atoms with Gasteiger partial charge in [-0.15, -0.1) is 4.28 Å². The molecule has 2 saturated heterocycles. The molecule has 0 spiro atoms. The van der Waals surface area contributed by atoms with Crippen LogP contribution in [0.5, 0.6) is 0 Å². The molecule has 1 aromatic heterocycles. The summed E-state index contributed by atoms with van der Waals surface area (Å²) in [6.45, 7) is 5.35. The van der Waals surface area contributed by atoms with Crippen molar-refractivity contribution >= 4 is 34.3 Å². The lowest BCUT2D eigenvalue weighted by molar-refractivity contribution is -0.869. The van der Waals surface area contributed by atoms with Gasteiger partial charge in [-0.1, -0.05) is 6.07 Å². The van der Waals surface area contributed by atoms with Crippen molar-refractivity contribution in [2.24, 2.45) is 0 Å². The second kappa shape index (κ2) is 10.6. The third-order valence-electron chi connectivity index (χ3n) is 5.59. The van der Waals surface area contributed by atoms with E-state index in [9.17, 15) is 27.6 Å². The number of pyridine rings is 1. The minimum absolute atomic E-state index is 0.00488. The summed E-state index contributed by atoms with van der Waals surface area (Å²) in [5.41, 5.74) is 3.84. The van der Waals surface area contributed by atoms with Crippen LogP contribution < -0.4 is 20.4 Å². The Morgan fingerprint density at radius 2 is 1.83 bits per heavy atom. The van der Waals surface area contributed by atoms with Gasteiger partial charge in [0.15, 0.2) is 0 Å². The molecular weight excluding hydrogens is 500 g/mol. The Bertz CT molecular complexity index is 1110. The molecule has 2 fully saturated rings. The minimum atomic E-state index is -4.90. The van der Waals surface area contributed by atoms with Crippen molar-refractivity contribution < 1.29 is 46.0 Å². The molecular formula is C20H29N6O9S+. The normalized spacial score (nSPS) is 19.6. The van der Waals surface area contributed by atoms with Crippen molar-refractivity contribution in [3.05, 3.63) is 30.6 Å². The van der Waals surface area contributed by atoms with Crippen LogP contribution in [0, 0.1) is 0 Å². The van der Waals surface area contributed by atoms with E-state index in [4.69, 9.17) is 9.39 Å². The van der Waals surface area contributed by atoms with Gasteiger partial charge in [-0.3, -0.25) is 29.9 Å². The van der Waals surface area contributed by atoms with E-state index in [1.807, 2.05) is 0 Å². The Balaban J connectivity index is 1.51. The van der Waals surface area contributed by atoms with Gasteiger partial charge in [0.2, 0.25) is 18.3 Å². The number of carbonyl (C=O) groups is 4. The number of nitrogens with one attached hydrogen (secondary N) is 2. The minimum Gasteiger partial charge on any atom is -0.309 e. The van der Waals surface area contributed by atoms with Crippen LogP contribution in [0.1, 0.15) is 40.0 Å². The Labute approximate surface area is 207 Å². The maximum Gasteiger partial charge on any atom is 0.478 e. The largest absolute Gasteiger partial charge is 0.478 e. The number of hydrogen-bond donors (Lipinski definition) is 3. The van der Waals surface area contributed by atoms with Crippen LogP contribution in [0.15, 0.2) is 30.6 Å². The monoisotopic (exact) mass is 529 g/mol. The van der Waals surface area contributed by atoms with Crippen LogP contribution in [-0.2, 0) is 24.3 Å². The number of fused-ring (bicyclic) bond motifs is 2. The molecule has 0 radical (unpaired) electrons. The molecule has 2 bridgehead atoms. The number of nitrogens with zero attached hydrogens (tertiary/aromatic N) is 4.